The van der Waals surface area contributed by atoms with Crippen LogP contribution in [-0.2, 0) is 19.4 Å². The number of likely N-dealkylation sites (N-methyl/N-ethyl adjacent to an activating group) is 1. The standard InChI is InChI=1S/C36H50N3O5P/c1-8-38(25-28-44-45(43-26-12-23-37)39(29(2)3)30(4)5)24-27-42-36(31-13-10-9-11-14-31,32-15-19-34(40-6)20-16-32)33-17-21-35(41-7)22-18-33/h9-11,13-22,29-30H,8,12,24-28H2,1-7H3. The van der Waals surface area contributed by atoms with Crippen LogP contribution in [0.4, 0.5) is 0 Å². The Balaban J connectivity index is 1.82. The zero-order valence-corrected chi connectivity index (χ0v) is 28.8. The molecule has 3 rings (SSSR count). The minimum Gasteiger partial charge on any atom is -0.497 e. The highest BCUT2D eigenvalue weighted by Crippen LogP contribution is 2.46. The van der Waals surface area contributed by atoms with E-state index in [0.717, 1.165) is 41.3 Å². The molecule has 0 saturated carbocycles. The topological polar surface area (TPSA) is 76.4 Å². The largest absolute Gasteiger partial charge is 0.497 e. The first-order valence-corrected chi connectivity index (χ1v) is 16.9. The van der Waals surface area contributed by atoms with Gasteiger partial charge in [-0.05, 0) is 75.2 Å². The van der Waals surface area contributed by atoms with Crippen molar-refractivity contribution in [1.29, 1.82) is 5.26 Å². The fourth-order valence-corrected chi connectivity index (χ4v) is 6.97. The van der Waals surface area contributed by atoms with E-state index in [1.165, 1.54) is 0 Å². The van der Waals surface area contributed by atoms with Crippen molar-refractivity contribution in [1.82, 2.24) is 9.57 Å². The van der Waals surface area contributed by atoms with E-state index in [2.05, 4.69) is 86.7 Å². The summed E-state index contributed by atoms with van der Waals surface area (Å²) in [5.74, 6) is 1.58. The monoisotopic (exact) mass is 635 g/mol. The van der Waals surface area contributed by atoms with Crippen LogP contribution in [0.15, 0.2) is 78.9 Å². The van der Waals surface area contributed by atoms with Gasteiger partial charge in [-0.15, -0.1) is 0 Å². The maximum atomic E-state index is 9.01. The second-order valence-corrected chi connectivity index (χ2v) is 12.6. The lowest BCUT2D eigenvalue weighted by Crippen LogP contribution is -2.38. The smallest absolute Gasteiger partial charge is 0.259 e. The molecule has 3 aromatic rings. The van der Waals surface area contributed by atoms with Gasteiger partial charge in [0.25, 0.3) is 8.53 Å². The van der Waals surface area contributed by atoms with Crippen molar-refractivity contribution in [2.45, 2.75) is 58.7 Å². The van der Waals surface area contributed by atoms with Crippen molar-refractivity contribution in [3.05, 3.63) is 95.6 Å². The molecule has 0 aliphatic carbocycles. The summed E-state index contributed by atoms with van der Waals surface area (Å²) >= 11 is 0. The lowest BCUT2D eigenvalue weighted by molar-refractivity contribution is 0.000157. The first kappa shape index (κ1) is 36.4. The van der Waals surface area contributed by atoms with Gasteiger partial charge in [-0.3, -0.25) is 4.90 Å². The zero-order valence-electron chi connectivity index (χ0n) is 27.9. The highest BCUT2D eigenvalue weighted by molar-refractivity contribution is 7.44. The number of benzene rings is 3. The lowest BCUT2D eigenvalue weighted by atomic mass is 9.80. The predicted molar refractivity (Wildman–Crippen MR) is 182 cm³/mol. The van der Waals surface area contributed by atoms with Crippen molar-refractivity contribution >= 4 is 8.53 Å². The Kier molecular flexibility index (Phi) is 15.3. The molecule has 1 unspecified atom stereocenters. The molecule has 1 atom stereocenters. The highest BCUT2D eigenvalue weighted by atomic mass is 31.2. The molecule has 0 N–H and O–H groups in total. The van der Waals surface area contributed by atoms with E-state index in [4.69, 9.17) is 28.5 Å². The Morgan fingerprint density at radius 1 is 0.711 bits per heavy atom. The van der Waals surface area contributed by atoms with E-state index in [0.29, 0.717) is 32.8 Å². The van der Waals surface area contributed by atoms with Crippen LogP contribution >= 0.6 is 8.53 Å². The summed E-state index contributed by atoms with van der Waals surface area (Å²) in [5.41, 5.74) is 2.20. The van der Waals surface area contributed by atoms with Crippen LogP contribution in [-0.4, -0.2) is 75.3 Å². The number of hydrogen-bond donors (Lipinski definition) is 0. The first-order chi connectivity index (χ1) is 21.8. The van der Waals surface area contributed by atoms with Gasteiger partial charge < -0.3 is 23.3 Å². The molecule has 0 aromatic heterocycles. The second kappa shape index (κ2) is 18.8. The maximum absolute atomic E-state index is 9.01. The quantitative estimate of drug-likeness (QED) is 0.0713. The minimum atomic E-state index is -1.28. The number of ether oxygens (including phenoxy) is 3. The average molecular weight is 636 g/mol. The molecular formula is C36H50N3O5P. The van der Waals surface area contributed by atoms with Crippen molar-refractivity contribution in [3.63, 3.8) is 0 Å². The maximum Gasteiger partial charge on any atom is 0.259 e. The Morgan fingerprint density at radius 2 is 1.20 bits per heavy atom. The lowest BCUT2D eigenvalue weighted by Gasteiger charge is -2.37. The Morgan fingerprint density at radius 3 is 1.67 bits per heavy atom. The predicted octanol–water partition coefficient (Wildman–Crippen LogP) is 7.63. The van der Waals surface area contributed by atoms with Gasteiger partial charge in [0.05, 0.1) is 46.5 Å². The average Bonchev–Trinajstić information content (AvgIpc) is 3.06. The summed E-state index contributed by atoms with van der Waals surface area (Å²) in [6.45, 7) is 14.4. The third-order valence-electron chi connectivity index (χ3n) is 7.62. The molecule has 0 fully saturated rings. The molecule has 45 heavy (non-hydrogen) atoms. The number of nitrogens with zero attached hydrogens (tertiary/aromatic N) is 3. The third kappa shape index (κ3) is 9.98. The molecule has 0 aliphatic rings. The minimum absolute atomic E-state index is 0.260. The number of nitriles is 1. The van der Waals surface area contributed by atoms with Gasteiger partial charge in [0.1, 0.15) is 17.1 Å². The second-order valence-electron chi connectivity index (χ2n) is 11.2. The molecule has 0 heterocycles. The third-order valence-corrected chi connectivity index (χ3v) is 9.73. The van der Waals surface area contributed by atoms with E-state index >= 15 is 0 Å². The van der Waals surface area contributed by atoms with Crippen LogP contribution in [0.3, 0.4) is 0 Å². The summed E-state index contributed by atoms with van der Waals surface area (Å²) in [7, 11) is 2.07. The fourth-order valence-electron chi connectivity index (χ4n) is 5.39. The van der Waals surface area contributed by atoms with Gasteiger partial charge in [-0.1, -0.05) is 61.5 Å². The van der Waals surface area contributed by atoms with E-state index in [1.807, 2.05) is 42.5 Å². The van der Waals surface area contributed by atoms with Crippen molar-refractivity contribution in [2.75, 3.05) is 53.7 Å². The molecular weight excluding hydrogens is 585 g/mol. The SMILES string of the molecule is CCN(CCOP(OCCC#N)N(C(C)C)C(C)C)CCOC(c1ccccc1)(c1ccc(OC)cc1)c1ccc(OC)cc1. The van der Waals surface area contributed by atoms with E-state index in [1.54, 1.807) is 14.2 Å². The molecule has 244 valence electrons. The molecule has 8 nitrogen and oxygen atoms in total. The Hall–Kier alpha value is -3.02. The Bertz CT molecular complexity index is 1230. The summed E-state index contributed by atoms with van der Waals surface area (Å²) in [5, 5.41) is 9.01. The molecule has 3 aromatic carbocycles. The van der Waals surface area contributed by atoms with Crippen molar-refractivity contribution < 1.29 is 23.3 Å². The van der Waals surface area contributed by atoms with Crippen LogP contribution in [0, 0.1) is 11.3 Å². The molecule has 0 spiro atoms. The molecule has 0 amide bonds. The first-order valence-electron chi connectivity index (χ1n) is 15.7. The molecule has 9 heteroatoms. The van der Waals surface area contributed by atoms with Gasteiger partial charge in [-0.2, -0.15) is 5.26 Å². The summed E-state index contributed by atoms with van der Waals surface area (Å²) < 4.78 is 32.7. The summed E-state index contributed by atoms with van der Waals surface area (Å²) in [6, 6.07) is 29.2. The van der Waals surface area contributed by atoms with Crippen LogP contribution < -0.4 is 9.47 Å². The number of methoxy groups -OCH3 is 2. The normalized spacial score (nSPS) is 12.6. The molecule has 0 bridgehead atoms. The van der Waals surface area contributed by atoms with E-state index in [-0.39, 0.29) is 12.1 Å². The van der Waals surface area contributed by atoms with Gasteiger partial charge in [-0.25, -0.2) is 4.67 Å². The van der Waals surface area contributed by atoms with Gasteiger partial charge in [0.2, 0.25) is 0 Å². The van der Waals surface area contributed by atoms with Crippen LogP contribution in [0.5, 0.6) is 11.5 Å². The molecule has 0 radical (unpaired) electrons. The van der Waals surface area contributed by atoms with E-state index < -0.39 is 14.1 Å². The summed E-state index contributed by atoms with van der Waals surface area (Å²) in [4.78, 5) is 2.33. The van der Waals surface area contributed by atoms with Crippen molar-refractivity contribution in [2.24, 2.45) is 0 Å². The molecule has 0 saturated heterocycles. The number of rotatable bonds is 20. The van der Waals surface area contributed by atoms with Gasteiger partial charge >= 0.3 is 0 Å². The zero-order chi connectivity index (χ0) is 32.7. The number of hydrogen-bond acceptors (Lipinski definition) is 8. The van der Waals surface area contributed by atoms with E-state index in [9.17, 15) is 0 Å². The summed E-state index contributed by atoms with van der Waals surface area (Å²) in [6.07, 6.45) is 0.343. The molecule has 0 aliphatic heterocycles. The fraction of sp³-hybridized carbons (Fsp3) is 0.472. The Labute approximate surface area is 271 Å². The van der Waals surface area contributed by atoms with Gasteiger partial charge in [0.15, 0.2) is 0 Å². The van der Waals surface area contributed by atoms with Crippen LogP contribution in [0.2, 0.25) is 0 Å². The van der Waals surface area contributed by atoms with Crippen LogP contribution in [0.1, 0.15) is 57.7 Å². The van der Waals surface area contributed by atoms with Crippen molar-refractivity contribution in [3.8, 4) is 17.6 Å². The van der Waals surface area contributed by atoms with Gasteiger partial charge in [0, 0.05) is 25.2 Å². The van der Waals surface area contributed by atoms with Crippen LogP contribution in [0.25, 0.3) is 0 Å². The highest BCUT2D eigenvalue weighted by Gasteiger charge is 2.38.